The van der Waals surface area contributed by atoms with E-state index >= 15 is 0 Å². The van der Waals surface area contributed by atoms with Gasteiger partial charge in [0.1, 0.15) is 5.82 Å². The molecule has 4 aliphatic rings. The average Bonchev–Trinajstić information content (AvgIpc) is 3.76. The molecule has 1 aromatic carbocycles. The molecule has 2 aromatic rings. The van der Waals surface area contributed by atoms with Crippen molar-refractivity contribution in [3.05, 3.63) is 23.8 Å². The number of hydrogen-bond donors (Lipinski definition) is 2. The van der Waals surface area contributed by atoms with Crippen molar-refractivity contribution in [3.63, 3.8) is 0 Å². The van der Waals surface area contributed by atoms with Crippen LogP contribution in [-0.4, -0.2) is 81.0 Å². The number of rotatable bonds is 6. The lowest BCUT2D eigenvalue weighted by molar-refractivity contribution is -0.119. The number of carbonyl (C=O) groups is 2. The number of aryl methyl sites for hydroxylation is 1. The second-order valence-electron chi connectivity index (χ2n) is 11.7. The Morgan fingerprint density at radius 3 is 2.30 bits per heavy atom. The van der Waals surface area contributed by atoms with E-state index in [9.17, 15) is 18.0 Å². The fourth-order valence-corrected chi connectivity index (χ4v) is 6.78. The fourth-order valence-electron chi connectivity index (χ4n) is 5.27. The summed E-state index contributed by atoms with van der Waals surface area (Å²) in [7, 11) is -0.297. The summed E-state index contributed by atoms with van der Waals surface area (Å²) in [6, 6.07) is 5.26. The second-order valence-corrected chi connectivity index (χ2v) is 13.4. The summed E-state index contributed by atoms with van der Waals surface area (Å²) in [6.45, 7) is 6.04. The van der Waals surface area contributed by atoms with Gasteiger partial charge in [-0.3, -0.25) is 4.79 Å². The number of amides is 3. The Morgan fingerprint density at radius 1 is 1.08 bits per heavy atom. The van der Waals surface area contributed by atoms with Crippen LogP contribution in [0.5, 0.6) is 0 Å². The maximum absolute atomic E-state index is 13.4. The number of piperazine rings is 1. The van der Waals surface area contributed by atoms with Gasteiger partial charge in [-0.2, -0.15) is 0 Å². The van der Waals surface area contributed by atoms with Gasteiger partial charge in [-0.05, 0) is 69.2 Å². The largest absolute Gasteiger partial charge is 0.367 e. The van der Waals surface area contributed by atoms with Crippen LogP contribution < -0.4 is 14.9 Å². The molecule has 37 heavy (non-hydrogen) atoms. The quantitative estimate of drug-likeness (QED) is 0.598. The molecular formula is C26H34N6O4S. The Morgan fingerprint density at radius 2 is 1.73 bits per heavy atom. The van der Waals surface area contributed by atoms with E-state index in [0.29, 0.717) is 43.4 Å². The molecule has 198 valence electrons. The van der Waals surface area contributed by atoms with Crippen LogP contribution in [0.3, 0.4) is 0 Å². The molecule has 0 spiro atoms. The molecule has 2 N–H and O–H groups in total. The number of anilines is 2. The van der Waals surface area contributed by atoms with Crippen molar-refractivity contribution >= 4 is 44.4 Å². The molecule has 10 nitrogen and oxygen atoms in total. The van der Waals surface area contributed by atoms with Crippen LogP contribution >= 0.6 is 0 Å². The number of nitrogens with one attached hydrogen (secondary N) is 2. The van der Waals surface area contributed by atoms with E-state index in [0.717, 1.165) is 42.3 Å². The average molecular weight is 527 g/mol. The van der Waals surface area contributed by atoms with Crippen LogP contribution in [0.15, 0.2) is 23.1 Å². The first-order valence-corrected chi connectivity index (χ1v) is 14.4. The van der Waals surface area contributed by atoms with Crippen molar-refractivity contribution in [3.8, 4) is 0 Å². The number of pyridine rings is 1. The highest BCUT2D eigenvalue weighted by molar-refractivity contribution is 7.89. The number of fused-ring (bicyclic) bond motifs is 2. The van der Waals surface area contributed by atoms with Gasteiger partial charge in [0.15, 0.2) is 0 Å². The summed E-state index contributed by atoms with van der Waals surface area (Å²) in [6.07, 6.45) is 3.52. The van der Waals surface area contributed by atoms with Crippen molar-refractivity contribution in [1.29, 1.82) is 0 Å². The van der Waals surface area contributed by atoms with Crippen LogP contribution in [-0.2, 0) is 14.8 Å². The number of hydrogen-bond acceptors (Lipinski definition) is 6. The summed E-state index contributed by atoms with van der Waals surface area (Å²) >= 11 is 0. The molecule has 2 heterocycles. The molecule has 0 atom stereocenters. The molecule has 11 heteroatoms. The monoisotopic (exact) mass is 526 g/mol. The second kappa shape index (κ2) is 8.04. The van der Waals surface area contributed by atoms with Gasteiger partial charge < -0.3 is 20.0 Å². The van der Waals surface area contributed by atoms with Crippen molar-refractivity contribution in [2.75, 3.05) is 50.5 Å². The third-order valence-electron chi connectivity index (χ3n) is 8.41. The zero-order chi connectivity index (χ0) is 26.3. The third kappa shape index (κ3) is 4.31. The van der Waals surface area contributed by atoms with Gasteiger partial charge in [0.25, 0.3) is 0 Å². The van der Waals surface area contributed by atoms with E-state index in [1.807, 2.05) is 19.9 Å². The van der Waals surface area contributed by atoms with Gasteiger partial charge in [-0.1, -0.05) is 0 Å². The Bertz CT molecular complexity index is 1420. The Labute approximate surface area is 217 Å². The summed E-state index contributed by atoms with van der Waals surface area (Å²) < 4.78 is 29.6. The van der Waals surface area contributed by atoms with Crippen LogP contribution in [0.4, 0.5) is 16.3 Å². The molecule has 3 saturated carbocycles. The molecule has 1 saturated heterocycles. The van der Waals surface area contributed by atoms with Crippen molar-refractivity contribution in [1.82, 2.24) is 19.5 Å². The molecule has 1 aliphatic heterocycles. The minimum atomic E-state index is -3.77. The SMILES string of the molecule is Cc1cc2c(N3CCN(C(=O)N(C)C)CC3)cc(S(=O)(=O)NC3(C)CC3)cc2nc1NC(=O)C12CC1C2. The third-order valence-corrected chi connectivity index (χ3v) is 10.0. The highest BCUT2D eigenvalue weighted by Gasteiger charge is 2.74. The van der Waals surface area contributed by atoms with Crippen molar-refractivity contribution < 1.29 is 18.0 Å². The van der Waals surface area contributed by atoms with Crippen LogP contribution in [0.2, 0.25) is 0 Å². The van der Waals surface area contributed by atoms with E-state index in [1.54, 1.807) is 36.0 Å². The fraction of sp³-hybridized carbons (Fsp3) is 0.577. The molecule has 6 rings (SSSR count). The predicted octanol–water partition coefficient (Wildman–Crippen LogP) is 2.53. The van der Waals surface area contributed by atoms with Crippen LogP contribution in [0.25, 0.3) is 10.9 Å². The van der Waals surface area contributed by atoms with E-state index < -0.39 is 15.6 Å². The van der Waals surface area contributed by atoms with Gasteiger partial charge in [-0.15, -0.1) is 0 Å². The molecule has 0 radical (unpaired) electrons. The van der Waals surface area contributed by atoms with Crippen LogP contribution in [0, 0.1) is 18.3 Å². The standard InChI is InChI=1S/C26H34N6O4S/c1-16-11-19-20(27-22(16)28-23(33)26-14-17(26)15-26)12-18(37(35,36)29-25(2)5-6-25)13-21(19)31-7-9-32(10-8-31)24(34)30(3)4/h11-13,17,29H,5-10,14-15H2,1-4H3,(H,27,28,33). The van der Waals surface area contributed by atoms with Gasteiger partial charge in [0.05, 0.1) is 15.8 Å². The van der Waals surface area contributed by atoms with Gasteiger partial charge in [0, 0.05) is 56.9 Å². The highest BCUT2D eigenvalue weighted by Crippen LogP contribution is 2.75. The number of benzene rings is 1. The van der Waals surface area contributed by atoms with Gasteiger partial charge in [0.2, 0.25) is 15.9 Å². The molecule has 0 bridgehead atoms. The Hall–Kier alpha value is -2.92. The maximum Gasteiger partial charge on any atom is 0.319 e. The normalized spacial score (nSPS) is 25.5. The van der Waals surface area contributed by atoms with E-state index in [2.05, 4.69) is 14.9 Å². The highest BCUT2D eigenvalue weighted by atomic mass is 32.2. The lowest BCUT2D eigenvalue weighted by Crippen LogP contribution is -2.51. The number of aromatic nitrogens is 1. The summed E-state index contributed by atoms with van der Waals surface area (Å²) in [4.78, 5) is 35.6. The van der Waals surface area contributed by atoms with E-state index in [4.69, 9.17) is 4.98 Å². The molecule has 3 aliphatic carbocycles. The van der Waals surface area contributed by atoms with Gasteiger partial charge >= 0.3 is 6.03 Å². The maximum atomic E-state index is 13.4. The molecular weight excluding hydrogens is 492 g/mol. The van der Waals surface area contributed by atoms with Gasteiger partial charge in [-0.25, -0.2) is 22.9 Å². The van der Waals surface area contributed by atoms with Crippen molar-refractivity contribution in [2.24, 2.45) is 11.3 Å². The first kappa shape index (κ1) is 24.4. The van der Waals surface area contributed by atoms with Crippen LogP contribution in [0.1, 0.15) is 38.2 Å². The first-order chi connectivity index (χ1) is 17.4. The number of carbonyl (C=O) groups excluding carboxylic acids is 2. The number of urea groups is 1. The number of sulfonamides is 1. The van der Waals surface area contributed by atoms with E-state index in [1.165, 1.54) is 0 Å². The summed E-state index contributed by atoms with van der Waals surface area (Å²) in [5, 5.41) is 3.83. The summed E-state index contributed by atoms with van der Waals surface area (Å²) in [5.41, 5.74) is 1.53. The zero-order valence-corrected chi connectivity index (χ0v) is 22.6. The smallest absolute Gasteiger partial charge is 0.319 e. The number of nitrogens with zero attached hydrogens (tertiary/aromatic N) is 4. The molecule has 0 unspecified atom stereocenters. The predicted molar refractivity (Wildman–Crippen MR) is 141 cm³/mol. The first-order valence-electron chi connectivity index (χ1n) is 12.9. The molecule has 1 aromatic heterocycles. The topological polar surface area (TPSA) is 115 Å². The lowest BCUT2D eigenvalue weighted by Gasteiger charge is -2.37. The minimum Gasteiger partial charge on any atom is -0.367 e. The lowest BCUT2D eigenvalue weighted by atomic mass is 10.1. The van der Waals surface area contributed by atoms with E-state index in [-0.39, 0.29) is 22.2 Å². The molecule has 4 fully saturated rings. The molecule has 3 amide bonds. The van der Waals surface area contributed by atoms with Crippen molar-refractivity contribution in [2.45, 2.75) is 50.0 Å². The zero-order valence-electron chi connectivity index (χ0n) is 21.8. The Kier molecular flexibility index (Phi) is 5.30. The summed E-state index contributed by atoms with van der Waals surface area (Å²) in [5.74, 6) is 1.01. The Balaban J connectivity index is 1.37. The minimum absolute atomic E-state index is 0.0152.